The number of rotatable bonds is 5. The third-order valence-corrected chi connectivity index (χ3v) is 6.41. The summed E-state index contributed by atoms with van der Waals surface area (Å²) >= 11 is 0. The Labute approximate surface area is 151 Å². The van der Waals surface area contributed by atoms with E-state index in [0.717, 1.165) is 16.9 Å². The number of sulfonamides is 1. The van der Waals surface area contributed by atoms with E-state index in [1.165, 1.54) is 4.31 Å². The van der Waals surface area contributed by atoms with Crippen LogP contribution in [-0.4, -0.2) is 47.9 Å². The van der Waals surface area contributed by atoms with E-state index < -0.39 is 10.0 Å². The zero-order valence-corrected chi connectivity index (χ0v) is 15.0. The van der Waals surface area contributed by atoms with Crippen molar-refractivity contribution in [1.29, 1.82) is 0 Å². The van der Waals surface area contributed by atoms with Gasteiger partial charge in [-0.1, -0.05) is 29.5 Å². The molecule has 2 aromatic carbocycles. The maximum Gasteiger partial charge on any atom is 0.243 e. The van der Waals surface area contributed by atoms with Crippen LogP contribution < -0.4 is 4.74 Å². The summed E-state index contributed by atoms with van der Waals surface area (Å²) in [4.78, 5) is 0.298. The van der Waals surface area contributed by atoms with E-state index in [9.17, 15) is 8.42 Å². The quantitative estimate of drug-likeness (QED) is 0.688. The molecule has 134 valence electrons. The number of aromatic nitrogens is 3. The number of ether oxygens (including phenoxy) is 1. The van der Waals surface area contributed by atoms with E-state index in [-0.39, 0.29) is 6.04 Å². The lowest BCUT2D eigenvalue weighted by atomic mass is 10.1. The van der Waals surface area contributed by atoms with E-state index in [2.05, 4.69) is 10.3 Å². The molecule has 1 aliphatic rings. The Bertz CT molecular complexity index is 978. The Hall–Kier alpha value is -2.71. The van der Waals surface area contributed by atoms with Gasteiger partial charge in [-0.2, -0.15) is 4.31 Å². The van der Waals surface area contributed by atoms with Crippen molar-refractivity contribution in [2.45, 2.75) is 10.9 Å². The van der Waals surface area contributed by atoms with Gasteiger partial charge in [0, 0.05) is 19.3 Å². The Kier molecular flexibility index (Phi) is 4.21. The molecular weight excluding hydrogens is 352 g/mol. The van der Waals surface area contributed by atoms with E-state index in [4.69, 9.17) is 4.74 Å². The van der Waals surface area contributed by atoms with Crippen molar-refractivity contribution in [3.8, 4) is 16.9 Å². The van der Waals surface area contributed by atoms with Gasteiger partial charge in [-0.15, -0.1) is 5.10 Å². The minimum Gasteiger partial charge on any atom is -0.497 e. The second kappa shape index (κ2) is 6.54. The lowest BCUT2D eigenvalue weighted by Gasteiger charge is -2.37. The van der Waals surface area contributed by atoms with Gasteiger partial charge in [0.15, 0.2) is 0 Å². The summed E-state index contributed by atoms with van der Waals surface area (Å²) in [5.41, 5.74) is 1.96. The molecule has 8 heteroatoms. The van der Waals surface area contributed by atoms with Gasteiger partial charge in [-0.05, 0) is 35.4 Å². The van der Waals surface area contributed by atoms with Crippen LogP contribution in [0.15, 0.2) is 65.8 Å². The Morgan fingerprint density at radius 3 is 2.15 bits per heavy atom. The van der Waals surface area contributed by atoms with Crippen LogP contribution in [0.3, 0.4) is 0 Å². The zero-order valence-electron chi connectivity index (χ0n) is 14.2. The van der Waals surface area contributed by atoms with Crippen LogP contribution in [0.4, 0.5) is 0 Å². The Morgan fingerprint density at radius 1 is 1.00 bits per heavy atom. The molecule has 0 amide bonds. The summed E-state index contributed by atoms with van der Waals surface area (Å²) in [6.07, 6.45) is 3.34. The minimum atomic E-state index is -3.48. The lowest BCUT2D eigenvalue weighted by molar-refractivity contribution is 0.189. The normalized spacial score (nSPS) is 15.6. The molecule has 26 heavy (non-hydrogen) atoms. The summed E-state index contributed by atoms with van der Waals surface area (Å²) in [6.45, 7) is 0.817. The fourth-order valence-electron chi connectivity index (χ4n) is 2.94. The van der Waals surface area contributed by atoms with Gasteiger partial charge in [0.1, 0.15) is 5.75 Å². The summed E-state index contributed by atoms with van der Waals surface area (Å²) in [5.74, 6) is 0.785. The van der Waals surface area contributed by atoms with Gasteiger partial charge < -0.3 is 4.74 Å². The third-order valence-electron chi connectivity index (χ3n) is 4.56. The molecule has 3 aromatic rings. The van der Waals surface area contributed by atoms with Crippen molar-refractivity contribution in [1.82, 2.24) is 19.3 Å². The summed E-state index contributed by atoms with van der Waals surface area (Å²) < 4.78 is 33.8. The highest BCUT2D eigenvalue weighted by atomic mass is 32.2. The highest BCUT2D eigenvalue weighted by Gasteiger charge is 2.38. The van der Waals surface area contributed by atoms with Crippen LogP contribution in [-0.2, 0) is 10.0 Å². The fraction of sp³-hybridized carbons (Fsp3) is 0.222. The third kappa shape index (κ3) is 2.97. The van der Waals surface area contributed by atoms with E-state index in [1.807, 2.05) is 36.4 Å². The maximum absolute atomic E-state index is 12.7. The number of benzene rings is 2. The Morgan fingerprint density at radius 2 is 1.62 bits per heavy atom. The predicted molar refractivity (Wildman–Crippen MR) is 96.2 cm³/mol. The average Bonchev–Trinajstić information content (AvgIpc) is 3.14. The average molecular weight is 370 g/mol. The molecule has 1 saturated heterocycles. The van der Waals surface area contributed by atoms with Crippen LogP contribution >= 0.6 is 0 Å². The lowest BCUT2D eigenvalue weighted by Crippen LogP contribution is -2.50. The van der Waals surface area contributed by atoms with Crippen LogP contribution in [0.1, 0.15) is 6.04 Å². The zero-order chi connectivity index (χ0) is 18.1. The van der Waals surface area contributed by atoms with E-state index in [0.29, 0.717) is 18.0 Å². The van der Waals surface area contributed by atoms with Crippen molar-refractivity contribution in [2.75, 3.05) is 20.2 Å². The van der Waals surface area contributed by atoms with Crippen LogP contribution in [0.25, 0.3) is 11.1 Å². The van der Waals surface area contributed by atoms with Gasteiger partial charge >= 0.3 is 0 Å². The SMILES string of the molecule is COc1ccc(-c2ccc(S(=O)(=O)N3CC(n4ccnn4)C3)cc2)cc1. The monoisotopic (exact) mass is 370 g/mol. The first-order valence-electron chi connectivity index (χ1n) is 8.18. The standard InChI is InChI=1S/C18H18N4O3S/c1-25-17-6-2-14(3-7-17)15-4-8-18(9-5-15)26(23,24)21-12-16(13-21)22-11-10-19-20-22/h2-11,16H,12-13H2,1H3. The molecule has 0 spiro atoms. The van der Waals surface area contributed by atoms with Gasteiger partial charge in [-0.25, -0.2) is 13.1 Å². The maximum atomic E-state index is 12.7. The molecule has 1 aliphatic heterocycles. The molecule has 0 radical (unpaired) electrons. The van der Waals surface area contributed by atoms with Crippen molar-refractivity contribution >= 4 is 10.0 Å². The second-order valence-electron chi connectivity index (χ2n) is 6.11. The van der Waals surface area contributed by atoms with Gasteiger partial charge in [0.05, 0.1) is 24.2 Å². The number of nitrogens with zero attached hydrogens (tertiary/aromatic N) is 4. The molecular formula is C18H18N4O3S. The van der Waals surface area contributed by atoms with Crippen molar-refractivity contribution in [3.05, 3.63) is 60.9 Å². The molecule has 0 aliphatic carbocycles. The molecule has 0 saturated carbocycles. The first-order valence-corrected chi connectivity index (χ1v) is 9.62. The minimum absolute atomic E-state index is 0.0471. The number of methoxy groups -OCH3 is 1. The molecule has 0 unspecified atom stereocenters. The number of hydrogen-bond donors (Lipinski definition) is 0. The number of hydrogen-bond acceptors (Lipinski definition) is 5. The van der Waals surface area contributed by atoms with Crippen LogP contribution in [0.2, 0.25) is 0 Å². The second-order valence-corrected chi connectivity index (χ2v) is 8.05. The smallest absolute Gasteiger partial charge is 0.243 e. The Balaban J connectivity index is 1.49. The summed E-state index contributed by atoms with van der Waals surface area (Å²) in [6, 6.07) is 14.6. The molecule has 1 aromatic heterocycles. The summed E-state index contributed by atoms with van der Waals surface area (Å²) in [7, 11) is -1.86. The fourth-order valence-corrected chi connectivity index (χ4v) is 4.46. The molecule has 2 heterocycles. The highest BCUT2D eigenvalue weighted by molar-refractivity contribution is 7.89. The molecule has 7 nitrogen and oxygen atoms in total. The largest absolute Gasteiger partial charge is 0.497 e. The van der Waals surface area contributed by atoms with Crippen molar-refractivity contribution in [3.63, 3.8) is 0 Å². The van der Waals surface area contributed by atoms with Gasteiger partial charge in [0.25, 0.3) is 0 Å². The molecule has 1 fully saturated rings. The van der Waals surface area contributed by atoms with Gasteiger partial charge in [-0.3, -0.25) is 0 Å². The molecule has 4 rings (SSSR count). The van der Waals surface area contributed by atoms with E-state index >= 15 is 0 Å². The van der Waals surface area contributed by atoms with Crippen molar-refractivity contribution < 1.29 is 13.2 Å². The van der Waals surface area contributed by atoms with Crippen molar-refractivity contribution in [2.24, 2.45) is 0 Å². The highest BCUT2D eigenvalue weighted by Crippen LogP contribution is 2.29. The molecule has 0 bridgehead atoms. The van der Waals surface area contributed by atoms with Gasteiger partial charge in [0.2, 0.25) is 10.0 Å². The predicted octanol–water partition coefficient (Wildman–Crippen LogP) is 2.20. The first kappa shape index (κ1) is 16.7. The van der Waals surface area contributed by atoms with Crippen LogP contribution in [0.5, 0.6) is 5.75 Å². The summed E-state index contributed by atoms with van der Waals surface area (Å²) in [5, 5.41) is 7.68. The van der Waals surface area contributed by atoms with E-state index in [1.54, 1.807) is 36.3 Å². The molecule has 0 atom stereocenters. The van der Waals surface area contributed by atoms with Crippen LogP contribution in [0, 0.1) is 0 Å². The first-order chi connectivity index (χ1) is 12.6. The topological polar surface area (TPSA) is 77.3 Å². The molecule has 0 N–H and O–H groups in total.